The topological polar surface area (TPSA) is 120 Å². The van der Waals surface area contributed by atoms with E-state index in [-0.39, 0.29) is 22.6 Å². The van der Waals surface area contributed by atoms with Gasteiger partial charge in [0.15, 0.2) is 0 Å². The molecule has 1 aromatic heterocycles. The van der Waals surface area contributed by atoms with E-state index in [1.54, 1.807) is 6.92 Å². The van der Waals surface area contributed by atoms with Crippen LogP contribution in [0.3, 0.4) is 0 Å². The van der Waals surface area contributed by atoms with Crippen LogP contribution in [0.1, 0.15) is 12.5 Å². The summed E-state index contributed by atoms with van der Waals surface area (Å²) in [5, 5.41) is 21.3. The first kappa shape index (κ1) is 20.3. The third-order valence-electron chi connectivity index (χ3n) is 4.01. The number of methoxy groups -OCH3 is 1. The molecule has 10 heteroatoms. The number of benzene rings is 2. The molecule has 0 bridgehead atoms. The van der Waals surface area contributed by atoms with Gasteiger partial charge in [-0.1, -0.05) is 29.5 Å². The molecular formula is C19H18N4O5S. The molecule has 0 radical (unpaired) electrons. The van der Waals surface area contributed by atoms with E-state index in [2.05, 4.69) is 15.5 Å². The maximum absolute atomic E-state index is 12.5. The van der Waals surface area contributed by atoms with Gasteiger partial charge >= 0.3 is 0 Å². The molecule has 1 amide bonds. The van der Waals surface area contributed by atoms with Crippen molar-refractivity contribution in [1.82, 2.24) is 10.2 Å². The minimum atomic E-state index is -0.554. The second-order valence-corrected chi connectivity index (χ2v) is 7.42. The number of aryl methyl sites for hydroxylation is 1. The van der Waals surface area contributed by atoms with Crippen LogP contribution in [0, 0.1) is 17.0 Å². The maximum Gasteiger partial charge on any atom is 0.277 e. The number of ether oxygens (including phenoxy) is 1. The lowest BCUT2D eigenvalue weighted by molar-refractivity contribution is -0.384. The zero-order valence-corrected chi connectivity index (χ0v) is 16.7. The van der Waals surface area contributed by atoms with Crippen LogP contribution in [0.2, 0.25) is 0 Å². The molecule has 29 heavy (non-hydrogen) atoms. The molecule has 0 saturated carbocycles. The van der Waals surface area contributed by atoms with Crippen molar-refractivity contribution in [2.75, 3.05) is 12.4 Å². The predicted molar refractivity (Wildman–Crippen MR) is 108 cm³/mol. The van der Waals surface area contributed by atoms with Crippen LogP contribution in [0.5, 0.6) is 5.75 Å². The maximum atomic E-state index is 12.5. The molecule has 0 aliphatic heterocycles. The number of thioether (sulfide) groups is 1. The van der Waals surface area contributed by atoms with E-state index in [4.69, 9.17) is 9.15 Å². The summed E-state index contributed by atoms with van der Waals surface area (Å²) in [5.74, 6) is 0.235. The number of non-ortho nitro benzene ring substituents is 1. The Morgan fingerprint density at radius 3 is 2.62 bits per heavy atom. The lowest BCUT2D eigenvalue weighted by Crippen LogP contribution is -2.22. The second kappa shape index (κ2) is 8.74. The van der Waals surface area contributed by atoms with Crippen molar-refractivity contribution >= 4 is 29.0 Å². The fourth-order valence-corrected chi connectivity index (χ4v) is 3.09. The molecule has 3 aromatic rings. The monoisotopic (exact) mass is 414 g/mol. The number of carbonyl (C=O) groups excluding carboxylic acids is 1. The van der Waals surface area contributed by atoms with Crippen molar-refractivity contribution in [1.29, 1.82) is 0 Å². The van der Waals surface area contributed by atoms with Gasteiger partial charge in [0.25, 0.3) is 10.9 Å². The van der Waals surface area contributed by atoms with E-state index in [1.165, 1.54) is 25.3 Å². The zero-order chi connectivity index (χ0) is 21.0. The van der Waals surface area contributed by atoms with Gasteiger partial charge in [0.2, 0.25) is 11.8 Å². The Bertz CT molecular complexity index is 1040. The van der Waals surface area contributed by atoms with Crippen molar-refractivity contribution in [3.8, 4) is 17.2 Å². The Morgan fingerprint density at radius 1 is 1.24 bits per heavy atom. The van der Waals surface area contributed by atoms with Crippen molar-refractivity contribution in [2.45, 2.75) is 24.3 Å². The fourth-order valence-electron chi connectivity index (χ4n) is 2.41. The number of amides is 1. The summed E-state index contributed by atoms with van der Waals surface area (Å²) in [6.07, 6.45) is 0. The van der Waals surface area contributed by atoms with Gasteiger partial charge in [-0.05, 0) is 32.0 Å². The Kier molecular flexibility index (Phi) is 6.13. The quantitative estimate of drug-likeness (QED) is 0.349. The molecule has 0 spiro atoms. The molecule has 150 valence electrons. The number of aromatic nitrogens is 2. The summed E-state index contributed by atoms with van der Waals surface area (Å²) in [6, 6.07) is 11.6. The van der Waals surface area contributed by atoms with Crippen molar-refractivity contribution < 1.29 is 18.9 Å². The average Bonchev–Trinajstić information content (AvgIpc) is 3.17. The molecule has 0 saturated heterocycles. The third kappa shape index (κ3) is 4.91. The number of rotatable bonds is 7. The Labute approximate surface area is 170 Å². The number of carbonyl (C=O) groups is 1. The molecule has 0 fully saturated rings. The van der Waals surface area contributed by atoms with Gasteiger partial charge in [0, 0.05) is 11.6 Å². The number of anilines is 1. The van der Waals surface area contributed by atoms with Crippen molar-refractivity contribution in [3.05, 3.63) is 58.1 Å². The van der Waals surface area contributed by atoms with Gasteiger partial charge in [-0.25, -0.2) is 0 Å². The zero-order valence-electron chi connectivity index (χ0n) is 15.9. The minimum absolute atomic E-state index is 0.128. The third-order valence-corrected chi connectivity index (χ3v) is 4.94. The van der Waals surface area contributed by atoms with E-state index < -0.39 is 10.2 Å². The van der Waals surface area contributed by atoms with Crippen LogP contribution in [0.4, 0.5) is 11.4 Å². The summed E-state index contributed by atoms with van der Waals surface area (Å²) < 4.78 is 10.8. The van der Waals surface area contributed by atoms with E-state index >= 15 is 0 Å². The van der Waals surface area contributed by atoms with Gasteiger partial charge in [0.1, 0.15) is 5.75 Å². The van der Waals surface area contributed by atoms with Crippen molar-refractivity contribution in [2.24, 2.45) is 0 Å². The molecule has 1 atom stereocenters. The Hall–Kier alpha value is -3.40. The normalized spacial score (nSPS) is 11.7. The highest BCUT2D eigenvalue weighted by Crippen LogP contribution is 2.31. The van der Waals surface area contributed by atoms with Crippen LogP contribution in [-0.4, -0.2) is 33.4 Å². The number of nitro benzene ring substituents is 1. The molecule has 1 heterocycles. The number of hydrogen-bond donors (Lipinski definition) is 1. The summed E-state index contributed by atoms with van der Waals surface area (Å²) in [5.41, 5.74) is 2.12. The first-order valence-electron chi connectivity index (χ1n) is 8.58. The smallest absolute Gasteiger partial charge is 0.277 e. The number of nitrogens with zero attached hydrogens (tertiary/aromatic N) is 3. The summed E-state index contributed by atoms with van der Waals surface area (Å²) in [7, 11) is 1.37. The molecule has 2 aromatic carbocycles. The van der Waals surface area contributed by atoms with Crippen molar-refractivity contribution in [3.63, 3.8) is 0 Å². The summed E-state index contributed by atoms with van der Waals surface area (Å²) in [4.78, 5) is 22.8. The number of nitrogens with one attached hydrogen (secondary N) is 1. The first-order valence-corrected chi connectivity index (χ1v) is 9.46. The standard InChI is InChI=1S/C19H18N4O5S/c1-11-4-6-13(7-5-11)18-21-22-19(28-18)29-12(2)17(24)20-15-9-8-14(23(25)26)10-16(15)27-3/h4-10,12H,1-3H3,(H,20,24)/t12-/m0/s1. The van der Waals surface area contributed by atoms with Gasteiger partial charge in [-0.15, -0.1) is 10.2 Å². The number of nitro groups is 1. The SMILES string of the molecule is COc1cc([N+](=O)[O-])ccc1NC(=O)[C@H](C)Sc1nnc(-c2ccc(C)cc2)o1. The highest BCUT2D eigenvalue weighted by atomic mass is 32.2. The van der Waals surface area contributed by atoms with Crippen LogP contribution in [0.15, 0.2) is 52.1 Å². The predicted octanol–water partition coefficient (Wildman–Crippen LogP) is 4.08. The largest absolute Gasteiger partial charge is 0.494 e. The van der Waals surface area contributed by atoms with Crippen LogP contribution in [0.25, 0.3) is 11.5 Å². The molecule has 0 aliphatic carbocycles. The molecule has 1 N–H and O–H groups in total. The van der Waals surface area contributed by atoms with Crippen LogP contribution < -0.4 is 10.1 Å². The highest BCUT2D eigenvalue weighted by molar-refractivity contribution is 8.00. The fraction of sp³-hybridized carbons (Fsp3) is 0.211. The Morgan fingerprint density at radius 2 is 1.97 bits per heavy atom. The minimum Gasteiger partial charge on any atom is -0.494 e. The van der Waals surface area contributed by atoms with Gasteiger partial charge < -0.3 is 14.5 Å². The van der Waals surface area contributed by atoms with E-state index in [1.807, 2.05) is 31.2 Å². The molecular weight excluding hydrogens is 396 g/mol. The summed E-state index contributed by atoms with van der Waals surface area (Å²) >= 11 is 1.11. The lowest BCUT2D eigenvalue weighted by Gasteiger charge is -2.12. The van der Waals surface area contributed by atoms with E-state index in [9.17, 15) is 14.9 Å². The van der Waals surface area contributed by atoms with Crippen LogP contribution in [-0.2, 0) is 4.79 Å². The second-order valence-electron chi connectivity index (χ2n) is 6.13. The molecule has 0 unspecified atom stereocenters. The Balaban J connectivity index is 1.67. The van der Waals surface area contributed by atoms with E-state index in [0.717, 1.165) is 22.9 Å². The van der Waals surface area contributed by atoms with Crippen LogP contribution >= 0.6 is 11.8 Å². The summed E-state index contributed by atoms with van der Waals surface area (Å²) in [6.45, 7) is 3.67. The van der Waals surface area contributed by atoms with Gasteiger partial charge in [-0.2, -0.15) is 0 Å². The lowest BCUT2D eigenvalue weighted by atomic mass is 10.1. The molecule has 9 nitrogen and oxygen atoms in total. The van der Waals surface area contributed by atoms with E-state index in [0.29, 0.717) is 11.6 Å². The van der Waals surface area contributed by atoms with Gasteiger partial charge in [0.05, 0.1) is 29.0 Å². The number of hydrogen-bond acceptors (Lipinski definition) is 8. The highest BCUT2D eigenvalue weighted by Gasteiger charge is 2.21. The van der Waals surface area contributed by atoms with Gasteiger partial charge in [-0.3, -0.25) is 14.9 Å². The molecule has 3 rings (SSSR count). The first-order chi connectivity index (χ1) is 13.9. The molecule has 0 aliphatic rings. The average molecular weight is 414 g/mol.